The highest BCUT2D eigenvalue weighted by atomic mass is 32.2. The highest BCUT2D eigenvalue weighted by Crippen LogP contribution is 2.25. The molecular formula is C18H22N2OS. The van der Waals surface area contributed by atoms with E-state index in [1.54, 1.807) is 11.8 Å². The predicted molar refractivity (Wildman–Crippen MR) is 91.6 cm³/mol. The van der Waals surface area contributed by atoms with Crippen LogP contribution in [0.2, 0.25) is 0 Å². The number of rotatable bonds is 3. The molecule has 2 aromatic rings. The van der Waals surface area contributed by atoms with Crippen LogP contribution in [0.3, 0.4) is 0 Å². The SMILES string of the molecule is CC(C)(C)c1ccc(CSc2nc3c(c(=O)[nH]2)CCC3)cc1. The van der Waals surface area contributed by atoms with Gasteiger partial charge in [0.2, 0.25) is 0 Å². The van der Waals surface area contributed by atoms with Crippen molar-refractivity contribution in [2.45, 2.75) is 56.4 Å². The minimum absolute atomic E-state index is 0.0491. The minimum Gasteiger partial charge on any atom is -0.301 e. The largest absolute Gasteiger partial charge is 0.301 e. The van der Waals surface area contributed by atoms with Gasteiger partial charge in [-0.05, 0) is 35.8 Å². The summed E-state index contributed by atoms with van der Waals surface area (Å²) >= 11 is 1.60. The fourth-order valence-corrected chi connectivity index (χ4v) is 3.58. The van der Waals surface area contributed by atoms with E-state index >= 15 is 0 Å². The molecule has 22 heavy (non-hydrogen) atoms. The molecular weight excluding hydrogens is 292 g/mol. The quantitative estimate of drug-likeness (QED) is 0.691. The number of hydrogen-bond acceptors (Lipinski definition) is 3. The van der Waals surface area contributed by atoms with E-state index in [0.717, 1.165) is 41.4 Å². The number of aromatic amines is 1. The summed E-state index contributed by atoms with van der Waals surface area (Å²) in [6.07, 6.45) is 2.86. The first-order valence-corrected chi connectivity index (χ1v) is 8.76. The van der Waals surface area contributed by atoms with Gasteiger partial charge in [0.15, 0.2) is 5.16 Å². The smallest absolute Gasteiger partial charge is 0.254 e. The van der Waals surface area contributed by atoms with E-state index in [1.165, 1.54) is 11.1 Å². The van der Waals surface area contributed by atoms with E-state index in [9.17, 15) is 4.79 Å². The van der Waals surface area contributed by atoms with E-state index in [1.807, 2.05) is 0 Å². The van der Waals surface area contributed by atoms with Crippen molar-refractivity contribution < 1.29 is 0 Å². The first kappa shape index (κ1) is 15.3. The summed E-state index contributed by atoms with van der Waals surface area (Å²) in [5.74, 6) is 0.826. The van der Waals surface area contributed by atoms with E-state index in [0.29, 0.717) is 0 Å². The number of nitrogens with zero attached hydrogens (tertiary/aromatic N) is 1. The first-order valence-electron chi connectivity index (χ1n) is 7.78. The standard InChI is InChI=1S/C18H22N2OS/c1-18(2,3)13-9-7-12(8-10-13)11-22-17-19-15-6-4-5-14(15)16(21)20-17/h7-10H,4-6,11H2,1-3H3,(H,19,20,21). The molecule has 0 amide bonds. The van der Waals surface area contributed by atoms with Crippen molar-refractivity contribution in [3.8, 4) is 0 Å². The number of thioether (sulfide) groups is 1. The van der Waals surface area contributed by atoms with E-state index in [4.69, 9.17) is 0 Å². The second-order valence-corrected chi connectivity index (χ2v) is 7.85. The second kappa shape index (κ2) is 5.92. The van der Waals surface area contributed by atoms with E-state index < -0.39 is 0 Å². The van der Waals surface area contributed by atoms with Crippen LogP contribution in [0, 0.1) is 0 Å². The molecule has 0 aliphatic heterocycles. The predicted octanol–water partition coefficient (Wildman–Crippen LogP) is 3.85. The Morgan fingerprint density at radius 1 is 1.18 bits per heavy atom. The van der Waals surface area contributed by atoms with E-state index in [2.05, 4.69) is 55.0 Å². The van der Waals surface area contributed by atoms with Crippen LogP contribution in [0.25, 0.3) is 0 Å². The van der Waals surface area contributed by atoms with Crippen molar-refractivity contribution in [3.63, 3.8) is 0 Å². The third-order valence-corrected chi connectivity index (χ3v) is 5.06. The molecule has 3 nitrogen and oxygen atoms in total. The molecule has 0 atom stereocenters. The Morgan fingerprint density at radius 3 is 2.59 bits per heavy atom. The Kier molecular flexibility index (Phi) is 4.13. The molecule has 4 heteroatoms. The summed E-state index contributed by atoms with van der Waals surface area (Å²) in [4.78, 5) is 19.5. The van der Waals surface area contributed by atoms with Gasteiger partial charge in [0.05, 0.1) is 5.69 Å². The molecule has 0 radical (unpaired) electrons. The maximum Gasteiger partial charge on any atom is 0.254 e. The Bertz CT molecular complexity index is 726. The van der Waals surface area contributed by atoms with Crippen LogP contribution in [-0.4, -0.2) is 9.97 Å². The summed E-state index contributed by atoms with van der Waals surface area (Å²) in [6, 6.07) is 8.71. The molecule has 0 fully saturated rings. The van der Waals surface area contributed by atoms with Crippen molar-refractivity contribution in [1.29, 1.82) is 0 Å². The molecule has 0 spiro atoms. The van der Waals surface area contributed by atoms with Gasteiger partial charge in [-0.25, -0.2) is 4.98 Å². The number of aromatic nitrogens is 2. The van der Waals surface area contributed by atoms with Crippen molar-refractivity contribution in [3.05, 3.63) is 57.0 Å². The van der Waals surface area contributed by atoms with Gasteiger partial charge < -0.3 is 4.98 Å². The van der Waals surface area contributed by atoms with Crippen molar-refractivity contribution in [2.24, 2.45) is 0 Å². The number of aryl methyl sites for hydroxylation is 1. The molecule has 1 heterocycles. The fraction of sp³-hybridized carbons (Fsp3) is 0.444. The summed E-state index contributed by atoms with van der Waals surface area (Å²) < 4.78 is 0. The number of fused-ring (bicyclic) bond motifs is 1. The lowest BCUT2D eigenvalue weighted by atomic mass is 9.87. The average molecular weight is 314 g/mol. The number of benzene rings is 1. The van der Waals surface area contributed by atoms with Gasteiger partial charge in [-0.15, -0.1) is 0 Å². The van der Waals surface area contributed by atoms with Crippen molar-refractivity contribution in [1.82, 2.24) is 9.97 Å². The van der Waals surface area contributed by atoms with Crippen LogP contribution in [0.15, 0.2) is 34.2 Å². The Morgan fingerprint density at radius 2 is 1.91 bits per heavy atom. The summed E-state index contributed by atoms with van der Waals surface area (Å²) in [7, 11) is 0. The topological polar surface area (TPSA) is 45.8 Å². The van der Waals surface area contributed by atoms with Crippen LogP contribution < -0.4 is 5.56 Å². The molecule has 1 aliphatic carbocycles. The maximum atomic E-state index is 12.0. The van der Waals surface area contributed by atoms with Crippen LogP contribution in [0.5, 0.6) is 0 Å². The third kappa shape index (κ3) is 3.27. The van der Waals surface area contributed by atoms with E-state index in [-0.39, 0.29) is 11.0 Å². The first-order chi connectivity index (χ1) is 10.4. The Balaban J connectivity index is 1.71. The molecule has 0 unspecified atom stereocenters. The van der Waals surface area contributed by atoms with Gasteiger partial charge in [0.25, 0.3) is 5.56 Å². The molecule has 0 saturated carbocycles. The summed E-state index contributed by atoms with van der Waals surface area (Å²) in [6.45, 7) is 6.65. The van der Waals surface area contributed by atoms with Crippen molar-refractivity contribution >= 4 is 11.8 Å². The molecule has 116 valence electrons. The normalized spacial score (nSPS) is 14.1. The fourth-order valence-electron chi connectivity index (χ4n) is 2.74. The lowest BCUT2D eigenvalue weighted by molar-refractivity contribution is 0.590. The van der Waals surface area contributed by atoms with Gasteiger partial charge >= 0.3 is 0 Å². The number of hydrogen-bond donors (Lipinski definition) is 1. The third-order valence-electron chi connectivity index (χ3n) is 4.12. The zero-order valence-electron chi connectivity index (χ0n) is 13.4. The van der Waals surface area contributed by atoms with Gasteiger partial charge in [0, 0.05) is 11.3 Å². The second-order valence-electron chi connectivity index (χ2n) is 6.89. The molecule has 1 N–H and O–H groups in total. The highest BCUT2D eigenvalue weighted by molar-refractivity contribution is 7.98. The molecule has 1 aliphatic rings. The zero-order valence-corrected chi connectivity index (χ0v) is 14.2. The van der Waals surface area contributed by atoms with Gasteiger partial charge in [-0.2, -0.15) is 0 Å². The monoisotopic (exact) mass is 314 g/mol. The van der Waals surface area contributed by atoms with Crippen LogP contribution in [0.4, 0.5) is 0 Å². The number of nitrogens with one attached hydrogen (secondary N) is 1. The van der Waals surface area contributed by atoms with Gasteiger partial charge in [0.1, 0.15) is 0 Å². The molecule has 0 bridgehead atoms. The minimum atomic E-state index is 0.0491. The molecule has 1 aromatic carbocycles. The van der Waals surface area contributed by atoms with Crippen LogP contribution in [0.1, 0.15) is 49.6 Å². The zero-order chi connectivity index (χ0) is 15.7. The lowest BCUT2D eigenvalue weighted by Crippen LogP contribution is -2.14. The number of H-pyrrole nitrogens is 1. The highest BCUT2D eigenvalue weighted by Gasteiger charge is 2.17. The van der Waals surface area contributed by atoms with Gasteiger partial charge in [-0.3, -0.25) is 4.79 Å². The average Bonchev–Trinajstić information content (AvgIpc) is 2.93. The van der Waals surface area contributed by atoms with Crippen LogP contribution in [-0.2, 0) is 24.0 Å². The maximum absolute atomic E-state index is 12.0. The van der Waals surface area contributed by atoms with Crippen LogP contribution >= 0.6 is 11.8 Å². The molecule has 1 aromatic heterocycles. The molecule has 3 rings (SSSR count). The Hall–Kier alpha value is -1.55. The molecule has 0 saturated heterocycles. The summed E-state index contributed by atoms with van der Waals surface area (Å²) in [5, 5.41) is 0.741. The summed E-state index contributed by atoms with van der Waals surface area (Å²) in [5.41, 5.74) is 4.70. The lowest BCUT2D eigenvalue weighted by Gasteiger charge is -2.19. The van der Waals surface area contributed by atoms with Gasteiger partial charge in [-0.1, -0.05) is 56.8 Å². The van der Waals surface area contributed by atoms with Crippen molar-refractivity contribution in [2.75, 3.05) is 0 Å². The Labute approximate surface area is 135 Å².